The zero-order valence-electron chi connectivity index (χ0n) is 15.2. The lowest BCUT2D eigenvalue weighted by molar-refractivity contribution is 0.337. The van der Waals surface area contributed by atoms with Gasteiger partial charge in [-0.15, -0.1) is 15.0 Å². The van der Waals surface area contributed by atoms with Gasteiger partial charge in [0.05, 0.1) is 0 Å². The topological polar surface area (TPSA) is 127 Å². The van der Waals surface area contributed by atoms with Gasteiger partial charge in [0, 0.05) is 0 Å². The van der Waals surface area contributed by atoms with Crippen molar-refractivity contribution in [1.29, 1.82) is 0 Å². The highest BCUT2D eigenvalue weighted by Gasteiger charge is 2.16. The monoisotopic (exact) mass is 403 g/mol. The van der Waals surface area contributed by atoms with Crippen molar-refractivity contribution in [2.45, 2.75) is 0 Å². The first-order valence-corrected chi connectivity index (χ1v) is 8.55. The average Bonchev–Trinajstić information content (AvgIpc) is 2.73. The molecule has 3 aromatic carbocycles. The molecule has 3 N–H and O–H groups in total. The Kier molecular flexibility index (Phi) is 5.04. The van der Waals surface area contributed by atoms with Gasteiger partial charge < -0.3 is 29.5 Å². The summed E-state index contributed by atoms with van der Waals surface area (Å²) in [5, 5.41) is 29.7. The molecule has 1 heterocycles. The molecule has 0 atom stereocenters. The summed E-state index contributed by atoms with van der Waals surface area (Å²) in [7, 11) is 0. The molecule has 0 amide bonds. The number of aromatic nitrogens is 3. The number of phenols is 2. The number of nitrogens with zero attached hydrogens (tertiary/aromatic N) is 3. The number of benzene rings is 2. The quantitative estimate of drug-likeness (QED) is 0.438. The van der Waals surface area contributed by atoms with Crippen LogP contribution < -0.4 is 14.2 Å². The highest BCUT2D eigenvalue weighted by molar-refractivity contribution is 5.41. The van der Waals surface area contributed by atoms with Crippen molar-refractivity contribution in [2.24, 2.45) is 0 Å². The van der Waals surface area contributed by atoms with E-state index >= 15 is 0 Å². The van der Waals surface area contributed by atoms with E-state index in [1.165, 1.54) is 36.4 Å². The van der Waals surface area contributed by atoms with Crippen molar-refractivity contribution in [1.82, 2.24) is 15.0 Å². The van der Waals surface area contributed by atoms with Crippen LogP contribution in [0.2, 0.25) is 0 Å². The predicted molar refractivity (Wildman–Crippen MR) is 102 cm³/mol. The number of para-hydroxylation sites is 4. The Bertz CT molecular complexity index is 1030. The summed E-state index contributed by atoms with van der Waals surface area (Å²) in [6, 6.07) is 19.7. The largest absolute Gasteiger partial charge is 0.504 e. The minimum Gasteiger partial charge on any atom is -0.504 e. The van der Waals surface area contributed by atoms with Crippen molar-refractivity contribution >= 4 is 0 Å². The first-order chi connectivity index (χ1) is 14.6. The molecule has 9 heteroatoms. The summed E-state index contributed by atoms with van der Waals surface area (Å²) in [6.07, 6.45) is 0. The van der Waals surface area contributed by atoms with E-state index in [1.54, 1.807) is 24.3 Å². The Morgan fingerprint density at radius 3 is 1.60 bits per heavy atom. The normalized spacial score (nSPS) is 10.1. The lowest BCUT2D eigenvalue weighted by atomic mass is 10.3. The summed E-state index contributed by atoms with van der Waals surface area (Å²) in [6.45, 7) is 0. The van der Waals surface area contributed by atoms with Gasteiger partial charge in [-0.1, -0.05) is 30.3 Å². The lowest BCUT2D eigenvalue weighted by Gasteiger charge is -2.10. The van der Waals surface area contributed by atoms with Crippen molar-refractivity contribution in [2.75, 3.05) is 0 Å². The molecule has 1 aromatic heterocycles. The Morgan fingerprint density at radius 1 is 0.600 bits per heavy atom. The molecule has 0 aliphatic carbocycles. The number of aromatic hydroxyl groups is 3. The van der Waals surface area contributed by atoms with Crippen molar-refractivity contribution < 1.29 is 29.5 Å². The molecule has 0 saturated carbocycles. The van der Waals surface area contributed by atoms with E-state index < -0.39 is 0 Å². The van der Waals surface area contributed by atoms with Gasteiger partial charge in [-0.05, 0) is 42.5 Å². The minimum absolute atomic E-state index is 0.0780. The van der Waals surface area contributed by atoms with E-state index in [0.717, 1.165) is 0 Å². The molecule has 9 nitrogen and oxygen atoms in total. The minimum atomic E-state index is -0.285. The lowest BCUT2D eigenvalue weighted by Crippen LogP contribution is -2.01. The van der Waals surface area contributed by atoms with Gasteiger partial charge in [0.15, 0.2) is 28.7 Å². The molecule has 0 unspecified atom stereocenters. The van der Waals surface area contributed by atoms with Crippen LogP contribution in [0.4, 0.5) is 0 Å². The number of rotatable bonds is 6. The molecule has 0 fully saturated rings. The van der Waals surface area contributed by atoms with Crippen LogP contribution in [0.15, 0.2) is 60.7 Å². The molecule has 0 saturated heterocycles. The summed E-state index contributed by atoms with van der Waals surface area (Å²) in [5.74, 6) is -0.373. The molecule has 0 bridgehead atoms. The Hall–Kier alpha value is -4.71. The highest BCUT2D eigenvalue weighted by Crippen LogP contribution is 2.33. The van der Waals surface area contributed by atoms with Gasteiger partial charge in [0.2, 0.25) is 5.75 Å². The maximum Gasteiger partial charge on any atom is 0.332 e. The molecular formula is C21H13N3O6. The van der Waals surface area contributed by atoms with Gasteiger partial charge in [-0.2, -0.15) is 0 Å². The maximum absolute atomic E-state index is 9.92. The average molecular weight is 403 g/mol. The fourth-order valence-electron chi connectivity index (χ4n) is 2.28. The number of phenolic OH excluding ortho intramolecular Hbond substituents is 2. The highest BCUT2D eigenvalue weighted by atomic mass is 16.5. The second-order valence-electron chi connectivity index (χ2n) is 5.74. The van der Waals surface area contributed by atoms with Gasteiger partial charge in [-0.25, -0.2) is 0 Å². The van der Waals surface area contributed by atoms with Crippen LogP contribution in [0.1, 0.15) is 0 Å². The smallest absolute Gasteiger partial charge is 0.332 e. The third-order valence-electron chi connectivity index (χ3n) is 3.64. The van der Waals surface area contributed by atoms with Crippen LogP contribution >= 0.6 is 0 Å². The molecule has 0 radical (unpaired) electrons. The van der Waals surface area contributed by atoms with E-state index in [4.69, 9.17) is 14.2 Å². The number of ether oxygens (including phenoxy) is 3. The first-order valence-electron chi connectivity index (χ1n) is 8.55. The number of hydrogen-bond acceptors (Lipinski definition) is 9. The van der Waals surface area contributed by atoms with Crippen LogP contribution in [0, 0.1) is 12.1 Å². The van der Waals surface area contributed by atoms with Crippen molar-refractivity contribution in [3.05, 3.63) is 72.8 Å². The molecular weight excluding hydrogens is 390 g/mol. The van der Waals surface area contributed by atoms with Crippen LogP contribution in [0.25, 0.3) is 0 Å². The zero-order valence-corrected chi connectivity index (χ0v) is 15.2. The SMILES string of the molecule is Oc1ccc#cc1Oc1nc(Oc2ccccc2O)nc(Oc2ccccc2O)n1. The van der Waals surface area contributed by atoms with E-state index in [9.17, 15) is 15.3 Å². The van der Waals surface area contributed by atoms with E-state index in [-0.39, 0.29) is 52.5 Å². The van der Waals surface area contributed by atoms with Crippen LogP contribution in [-0.4, -0.2) is 30.3 Å². The fourth-order valence-corrected chi connectivity index (χ4v) is 2.28. The maximum atomic E-state index is 9.92. The molecule has 30 heavy (non-hydrogen) atoms. The molecule has 4 aromatic rings. The molecule has 4 rings (SSSR count). The summed E-state index contributed by atoms with van der Waals surface area (Å²) < 4.78 is 16.5. The third-order valence-corrected chi connectivity index (χ3v) is 3.64. The standard InChI is InChI=1S/C21H13N3O6/c25-13-7-1-4-10-16(13)28-19-22-20(29-17-11-5-2-8-14(17)26)24-21(23-19)30-18-12-6-3-9-15(18)27/h1-5,7-11,25-27H. The molecule has 0 spiro atoms. The van der Waals surface area contributed by atoms with Gasteiger partial charge in [0.25, 0.3) is 0 Å². The number of hydrogen-bond donors (Lipinski definition) is 3. The summed E-state index contributed by atoms with van der Waals surface area (Å²) >= 11 is 0. The zero-order chi connectivity index (χ0) is 20.9. The Morgan fingerprint density at radius 2 is 1.10 bits per heavy atom. The molecule has 148 valence electrons. The second kappa shape index (κ2) is 8.12. The summed E-state index contributed by atoms with van der Waals surface area (Å²) in [5.41, 5.74) is 0. The van der Waals surface area contributed by atoms with Crippen LogP contribution in [0.3, 0.4) is 0 Å². The fraction of sp³-hybridized carbons (Fsp3) is 0. The van der Waals surface area contributed by atoms with E-state index in [2.05, 4.69) is 27.1 Å². The van der Waals surface area contributed by atoms with Gasteiger partial charge in [0.1, 0.15) is 0 Å². The van der Waals surface area contributed by atoms with E-state index in [1.807, 2.05) is 0 Å². The molecule has 0 aliphatic rings. The Labute approximate surface area is 170 Å². The Balaban J connectivity index is 1.70. The van der Waals surface area contributed by atoms with Gasteiger partial charge >= 0.3 is 18.0 Å². The van der Waals surface area contributed by atoms with Crippen molar-refractivity contribution in [3.8, 4) is 52.5 Å². The van der Waals surface area contributed by atoms with Gasteiger partial charge in [-0.3, -0.25) is 0 Å². The predicted octanol–water partition coefficient (Wildman–Crippen LogP) is 3.97. The van der Waals surface area contributed by atoms with Crippen LogP contribution in [-0.2, 0) is 0 Å². The first kappa shape index (κ1) is 18.6. The second-order valence-corrected chi connectivity index (χ2v) is 5.74. The van der Waals surface area contributed by atoms with E-state index in [0.29, 0.717) is 0 Å². The van der Waals surface area contributed by atoms with Crippen molar-refractivity contribution in [3.63, 3.8) is 0 Å². The summed E-state index contributed by atoms with van der Waals surface area (Å²) in [4.78, 5) is 12.0. The molecule has 0 aliphatic heterocycles. The van der Waals surface area contributed by atoms with Crippen LogP contribution in [0.5, 0.6) is 52.5 Å². The third kappa shape index (κ3) is 4.23.